The Kier molecular flexibility index (Phi) is 5.28. The van der Waals surface area contributed by atoms with Crippen LogP contribution in [0.1, 0.15) is 23.8 Å². The van der Waals surface area contributed by atoms with E-state index in [0.29, 0.717) is 0 Å². The Labute approximate surface area is 135 Å². The quantitative estimate of drug-likeness (QED) is 0.808. The van der Waals surface area contributed by atoms with Crippen LogP contribution in [0.15, 0.2) is 22.9 Å². The number of aromatic nitrogens is 1. The summed E-state index contributed by atoms with van der Waals surface area (Å²) in [5.74, 6) is -1.41. The van der Waals surface area contributed by atoms with Gasteiger partial charge in [-0.3, -0.25) is 9.59 Å². The summed E-state index contributed by atoms with van der Waals surface area (Å²) in [6, 6.07) is 3.86. The van der Waals surface area contributed by atoms with Gasteiger partial charge in [-0.1, -0.05) is 6.07 Å². The topological polar surface area (TPSA) is 88.5 Å². The lowest BCUT2D eigenvalue weighted by Gasteiger charge is -2.28. The fourth-order valence-electron chi connectivity index (χ4n) is 2.01. The van der Waals surface area contributed by atoms with E-state index < -0.39 is 17.4 Å². The Balaban J connectivity index is 2.12. The van der Waals surface area contributed by atoms with Gasteiger partial charge in [-0.2, -0.15) is 0 Å². The fraction of sp³-hybridized carbons (Fsp3) is 0.357. The first-order valence-corrected chi connectivity index (χ1v) is 8.22. The van der Waals surface area contributed by atoms with E-state index in [9.17, 15) is 9.59 Å². The molecule has 1 amide bonds. The highest BCUT2D eigenvalue weighted by Crippen LogP contribution is 2.28. The second kappa shape index (κ2) is 6.99. The standard InChI is InChI=1S/C14H16N2O4S2/c1-14(8-20-2,6-11(17)18)16-12(19)9-7-22-13(15-9)10-4-3-5-21-10/h3-5,7H,6,8H2,1-2H3,(H,16,19)(H,17,18). The van der Waals surface area contributed by atoms with Gasteiger partial charge in [0.1, 0.15) is 10.7 Å². The average molecular weight is 340 g/mol. The minimum atomic E-state index is -1.00. The maximum Gasteiger partial charge on any atom is 0.305 e. The number of thiazole rings is 1. The van der Waals surface area contributed by atoms with Crippen molar-refractivity contribution >= 4 is 34.6 Å². The van der Waals surface area contributed by atoms with Gasteiger partial charge in [0.05, 0.1) is 23.4 Å². The molecule has 0 fully saturated rings. The lowest BCUT2D eigenvalue weighted by molar-refractivity contribution is -0.139. The van der Waals surface area contributed by atoms with E-state index in [0.717, 1.165) is 9.88 Å². The van der Waals surface area contributed by atoms with Crippen LogP contribution in [-0.2, 0) is 9.53 Å². The van der Waals surface area contributed by atoms with Gasteiger partial charge >= 0.3 is 5.97 Å². The first-order chi connectivity index (χ1) is 10.4. The van der Waals surface area contributed by atoms with Crippen molar-refractivity contribution in [3.8, 4) is 9.88 Å². The zero-order chi connectivity index (χ0) is 16.2. The largest absolute Gasteiger partial charge is 0.481 e. The van der Waals surface area contributed by atoms with E-state index >= 15 is 0 Å². The van der Waals surface area contributed by atoms with E-state index in [-0.39, 0.29) is 18.7 Å². The summed E-state index contributed by atoms with van der Waals surface area (Å²) in [4.78, 5) is 28.5. The molecule has 8 heteroatoms. The van der Waals surface area contributed by atoms with Crippen molar-refractivity contribution in [3.63, 3.8) is 0 Å². The number of carbonyl (C=O) groups is 2. The third-order valence-electron chi connectivity index (χ3n) is 2.89. The van der Waals surface area contributed by atoms with Gasteiger partial charge in [0.25, 0.3) is 5.91 Å². The second-order valence-electron chi connectivity index (χ2n) is 5.03. The number of aliphatic carboxylic acids is 1. The lowest BCUT2D eigenvalue weighted by atomic mass is 9.99. The van der Waals surface area contributed by atoms with Crippen molar-refractivity contribution in [2.45, 2.75) is 18.9 Å². The van der Waals surface area contributed by atoms with Crippen LogP contribution in [-0.4, -0.2) is 41.2 Å². The zero-order valence-corrected chi connectivity index (χ0v) is 13.8. The Hall–Kier alpha value is -1.77. The molecule has 0 bridgehead atoms. The number of thiophene rings is 1. The summed E-state index contributed by atoms with van der Waals surface area (Å²) < 4.78 is 5.01. The number of ether oxygens (including phenoxy) is 1. The summed E-state index contributed by atoms with van der Waals surface area (Å²) in [5.41, 5.74) is -0.703. The predicted molar refractivity (Wildman–Crippen MR) is 85.4 cm³/mol. The molecule has 2 heterocycles. The predicted octanol–water partition coefficient (Wildman–Crippen LogP) is 2.48. The van der Waals surface area contributed by atoms with Crippen LogP contribution in [0, 0.1) is 0 Å². The third-order valence-corrected chi connectivity index (χ3v) is 4.77. The van der Waals surface area contributed by atoms with Gasteiger partial charge in [-0.05, 0) is 18.4 Å². The molecule has 0 aromatic carbocycles. The number of hydrogen-bond acceptors (Lipinski definition) is 6. The molecular formula is C14H16N2O4S2. The number of carboxylic acid groups (broad SMARTS) is 1. The van der Waals surface area contributed by atoms with Gasteiger partial charge in [0, 0.05) is 12.5 Å². The number of rotatable bonds is 7. The normalized spacial score (nSPS) is 13.5. The molecular weight excluding hydrogens is 324 g/mol. The molecule has 0 aliphatic rings. The molecule has 1 unspecified atom stereocenters. The molecule has 22 heavy (non-hydrogen) atoms. The number of hydrogen-bond donors (Lipinski definition) is 2. The average Bonchev–Trinajstić information content (AvgIpc) is 3.09. The molecule has 118 valence electrons. The third kappa shape index (κ3) is 4.12. The Morgan fingerprint density at radius 1 is 1.45 bits per heavy atom. The number of methoxy groups -OCH3 is 1. The van der Waals surface area contributed by atoms with E-state index in [1.54, 1.807) is 23.6 Å². The van der Waals surface area contributed by atoms with Crippen LogP contribution in [0.3, 0.4) is 0 Å². The van der Waals surface area contributed by atoms with Crippen molar-refractivity contribution in [1.29, 1.82) is 0 Å². The second-order valence-corrected chi connectivity index (χ2v) is 6.84. The van der Waals surface area contributed by atoms with E-state index in [1.165, 1.54) is 18.4 Å². The Morgan fingerprint density at radius 3 is 2.82 bits per heavy atom. The van der Waals surface area contributed by atoms with Gasteiger partial charge < -0.3 is 15.2 Å². The molecule has 0 aliphatic carbocycles. The number of carboxylic acids is 1. The smallest absolute Gasteiger partial charge is 0.305 e. The minimum Gasteiger partial charge on any atom is -0.481 e. The molecule has 2 rings (SSSR count). The minimum absolute atomic E-state index is 0.104. The molecule has 0 aliphatic heterocycles. The monoisotopic (exact) mass is 340 g/mol. The van der Waals surface area contributed by atoms with Crippen molar-refractivity contribution < 1.29 is 19.4 Å². The molecule has 1 atom stereocenters. The fourth-order valence-corrected chi connectivity index (χ4v) is 3.63. The first kappa shape index (κ1) is 16.6. The molecule has 0 saturated carbocycles. The first-order valence-electron chi connectivity index (χ1n) is 6.46. The van der Waals surface area contributed by atoms with Crippen molar-refractivity contribution in [3.05, 3.63) is 28.6 Å². The molecule has 2 N–H and O–H groups in total. The molecule has 0 radical (unpaired) electrons. The van der Waals surface area contributed by atoms with E-state index in [4.69, 9.17) is 9.84 Å². The summed E-state index contributed by atoms with van der Waals surface area (Å²) in [5, 5.41) is 16.1. The van der Waals surface area contributed by atoms with Gasteiger partial charge in [-0.25, -0.2) is 4.98 Å². The van der Waals surface area contributed by atoms with Crippen LogP contribution in [0.25, 0.3) is 9.88 Å². The van der Waals surface area contributed by atoms with E-state index in [2.05, 4.69) is 10.3 Å². The van der Waals surface area contributed by atoms with Crippen LogP contribution >= 0.6 is 22.7 Å². The maximum absolute atomic E-state index is 12.3. The van der Waals surface area contributed by atoms with Crippen LogP contribution in [0.2, 0.25) is 0 Å². The van der Waals surface area contributed by atoms with Gasteiger partial charge in [-0.15, -0.1) is 22.7 Å². The molecule has 0 spiro atoms. The SMILES string of the molecule is COCC(C)(CC(=O)O)NC(=O)c1csc(-c2cccs2)n1. The summed E-state index contributed by atoms with van der Waals surface area (Å²) >= 11 is 2.93. The molecule has 2 aromatic heterocycles. The summed E-state index contributed by atoms with van der Waals surface area (Å²) in [7, 11) is 1.46. The van der Waals surface area contributed by atoms with Crippen LogP contribution in [0.4, 0.5) is 0 Å². The maximum atomic E-state index is 12.3. The van der Waals surface area contributed by atoms with Crippen molar-refractivity contribution in [1.82, 2.24) is 10.3 Å². The summed E-state index contributed by atoms with van der Waals surface area (Å²) in [6.07, 6.45) is -0.228. The molecule has 2 aromatic rings. The zero-order valence-electron chi connectivity index (χ0n) is 12.2. The number of carbonyl (C=O) groups excluding carboxylic acids is 1. The van der Waals surface area contributed by atoms with Gasteiger partial charge in [0.15, 0.2) is 0 Å². The van der Waals surface area contributed by atoms with Crippen molar-refractivity contribution in [2.24, 2.45) is 0 Å². The van der Waals surface area contributed by atoms with E-state index in [1.807, 2.05) is 17.5 Å². The highest BCUT2D eigenvalue weighted by atomic mass is 32.1. The number of amides is 1. The van der Waals surface area contributed by atoms with Crippen LogP contribution in [0.5, 0.6) is 0 Å². The van der Waals surface area contributed by atoms with Crippen LogP contribution < -0.4 is 5.32 Å². The van der Waals surface area contributed by atoms with Gasteiger partial charge in [0.2, 0.25) is 0 Å². The van der Waals surface area contributed by atoms with Crippen molar-refractivity contribution in [2.75, 3.05) is 13.7 Å². The molecule has 6 nitrogen and oxygen atoms in total. The number of nitrogens with zero attached hydrogens (tertiary/aromatic N) is 1. The highest BCUT2D eigenvalue weighted by Gasteiger charge is 2.30. The Bertz CT molecular complexity index is 654. The lowest BCUT2D eigenvalue weighted by Crippen LogP contribution is -2.50. The Morgan fingerprint density at radius 2 is 2.23 bits per heavy atom. The number of nitrogens with one attached hydrogen (secondary N) is 1. The highest BCUT2D eigenvalue weighted by molar-refractivity contribution is 7.20. The molecule has 0 saturated heterocycles. The summed E-state index contributed by atoms with van der Waals surface area (Å²) in [6.45, 7) is 1.74.